The van der Waals surface area contributed by atoms with Gasteiger partial charge in [0.05, 0.1) is 0 Å². The SMILES string of the molecule is CCCC(C)CN1CCNC(C2CC2)C1. The molecule has 0 aromatic heterocycles. The standard InChI is InChI=1S/C13H26N2/c1-3-4-11(2)9-15-8-7-14-13(10-15)12-5-6-12/h11-14H,3-10H2,1-2H3. The third-order valence-electron chi connectivity index (χ3n) is 3.83. The summed E-state index contributed by atoms with van der Waals surface area (Å²) < 4.78 is 0. The van der Waals surface area contributed by atoms with Crippen LogP contribution in [-0.4, -0.2) is 37.1 Å². The Bertz CT molecular complexity index is 189. The minimum absolute atomic E-state index is 0.813. The quantitative estimate of drug-likeness (QED) is 0.747. The van der Waals surface area contributed by atoms with Gasteiger partial charge in [-0.15, -0.1) is 0 Å². The first-order valence-corrected chi connectivity index (χ1v) is 6.75. The van der Waals surface area contributed by atoms with E-state index in [1.54, 1.807) is 0 Å². The summed E-state index contributed by atoms with van der Waals surface area (Å²) in [5.41, 5.74) is 0. The summed E-state index contributed by atoms with van der Waals surface area (Å²) in [4.78, 5) is 2.68. The van der Waals surface area contributed by atoms with Crippen LogP contribution in [0.3, 0.4) is 0 Å². The molecule has 1 aliphatic heterocycles. The molecule has 1 heterocycles. The summed E-state index contributed by atoms with van der Waals surface area (Å²) >= 11 is 0. The smallest absolute Gasteiger partial charge is 0.0223 e. The van der Waals surface area contributed by atoms with E-state index in [1.165, 1.54) is 51.9 Å². The summed E-state index contributed by atoms with van der Waals surface area (Å²) in [7, 11) is 0. The molecule has 0 spiro atoms. The summed E-state index contributed by atoms with van der Waals surface area (Å²) in [6, 6.07) is 0.813. The highest BCUT2D eigenvalue weighted by molar-refractivity contribution is 4.91. The summed E-state index contributed by atoms with van der Waals surface area (Å²) in [5, 5.41) is 3.67. The number of nitrogens with zero attached hydrogens (tertiary/aromatic N) is 1. The van der Waals surface area contributed by atoms with Gasteiger partial charge < -0.3 is 10.2 Å². The van der Waals surface area contributed by atoms with Crippen LogP contribution in [0.2, 0.25) is 0 Å². The molecule has 2 nitrogen and oxygen atoms in total. The minimum atomic E-state index is 0.813. The molecule has 2 unspecified atom stereocenters. The van der Waals surface area contributed by atoms with E-state index < -0.39 is 0 Å². The molecule has 0 amide bonds. The van der Waals surface area contributed by atoms with Crippen LogP contribution in [0.5, 0.6) is 0 Å². The Kier molecular flexibility index (Phi) is 4.04. The highest BCUT2D eigenvalue weighted by Gasteiger charge is 2.33. The molecule has 0 radical (unpaired) electrons. The van der Waals surface area contributed by atoms with Crippen LogP contribution in [-0.2, 0) is 0 Å². The number of rotatable bonds is 5. The van der Waals surface area contributed by atoms with Crippen LogP contribution in [0.4, 0.5) is 0 Å². The maximum Gasteiger partial charge on any atom is 0.0223 e. The molecular weight excluding hydrogens is 184 g/mol. The number of nitrogens with one attached hydrogen (secondary N) is 1. The Labute approximate surface area is 94.4 Å². The minimum Gasteiger partial charge on any atom is -0.311 e. The van der Waals surface area contributed by atoms with Crippen LogP contribution >= 0.6 is 0 Å². The molecule has 1 aliphatic carbocycles. The maximum atomic E-state index is 3.67. The van der Waals surface area contributed by atoms with Gasteiger partial charge in [-0.1, -0.05) is 20.3 Å². The second-order valence-electron chi connectivity index (χ2n) is 5.55. The van der Waals surface area contributed by atoms with Crippen LogP contribution in [0, 0.1) is 11.8 Å². The van der Waals surface area contributed by atoms with E-state index in [0.717, 1.165) is 17.9 Å². The van der Waals surface area contributed by atoms with Crippen molar-refractivity contribution in [3.8, 4) is 0 Å². The van der Waals surface area contributed by atoms with Crippen molar-refractivity contribution >= 4 is 0 Å². The zero-order chi connectivity index (χ0) is 10.7. The van der Waals surface area contributed by atoms with Crippen LogP contribution in [0.15, 0.2) is 0 Å². The first-order valence-electron chi connectivity index (χ1n) is 6.75. The van der Waals surface area contributed by atoms with Crippen molar-refractivity contribution in [2.45, 2.75) is 45.6 Å². The zero-order valence-electron chi connectivity index (χ0n) is 10.3. The predicted octanol–water partition coefficient (Wildman–Crippen LogP) is 2.11. The molecule has 0 aromatic carbocycles. The van der Waals surface area contributed by atoms with Crippen LogP contribution < -0.4 is 5.32 Å². The molecule has 2 atom stereocenters. The lowest BCUT2D eigenvalue weighted by molar-refractivity contribution is 0.165. The Balaban J connectivity index is 1.71. The van der Waals surface area contributed by atoms with Gasteiger partial charge in [0.25, 0.3) is 0 Å². The molecular formula is C13H26N2. The number of hydrogen-bond donors (Lipinski definition) is 1. The van der Waals surface area contributed by atoms with Gasteiger partial charge in [-0.25, -0.2) is 0 Å². The first-order chi connectivity index (χ1) is 7.29. The Morgan fingerprint density at radius 1 is 1.40 bits per heavy atom. The number of piperazine rings is 1. The fourth-order valence-corrected chi connectivity index (χ4v) is 2.85. The average Bonchev–Trinajstić information content (AvgIpc) is 3.01. The van der Waals surface area contributed by atoms with Crippen molar-refractivity contribution in [2.75, 3.05) is 26.2 Å². The largest absolute Gasteiger partial charge is 0.311 e. The molecule has 2 aliphatic rings. The first kappa shape index (κ1) is 11.4. The molecule has 2 fully saturated rings. The van der Waals surface area contributed by atoms with E-state index in [9.17, 15) is 0 Å². The molecule has 0 bridgehead atoms. The Hall–Kier alpha value is -0.0800. The van der Waals surface area contributed by atoms with E-state index in [1.807, 2.05) is 0 Å². The van der Waals surface area contributed by atoms with Gasteiger partial charge in [-0.2, -0.15) is 0 Å². The molecule has 2 rings (SSSR count). The normalized spacial score (nSPS) is 30.4. The lowest BCUT2D eigenvalue weighted by atomic mass is 10.0. The third-order valence-corrected chi connectivity index (χ3v) is 3.83. The fourth-order valence-electron chi connectivity index (χ4n) is 2.85. The molecule has 1 saturated carbocycles. The second-order valence-corrected chi connectivity index (χ2v) is 5.55. The maximum absolute atomic E-state index is 3.67. The molecule has 0 aromatic rings. The van der Waals surface area contributed by atoms with Crippen molar-refractivity contribution in [3.63, 3.8) is 0 Å². The van der Waals surface area contributed by atoms with Crippen molar-refractivity contribution < 1.29 is 0 Å². The van der Waals surface area contributed by atoms with Gasteiger partial charge in [0.2, 0.25) is 0 Å². The van der Waals surface area contributed by atoms with E-state index in [-0.39, 0.29) is 0 Å². The molecule has 1 N–H and O–H groups in total. The van der Waals surface area contributed by atoms with Gasteiger partial charge in [-0.05, 0) is 31.1 Å². The van der Waals surface area contributed by atoms with Gasteiger partial charge in [-0.3, -0.25) is 0 Å². The molecule has 2 heteroatoms. The summed E-state index contributed by atoms with van der Waals surface area (Å²) in [6.45, 7) is 9.79. The average molecular weight is 210 g/mol. The third kappa shape index (κ3) is 3.46. The van der Waals surface area contributed by atoms with Crippen molar-refractivity contribution in [1.29, 1.82) is 0 Å². The Morgan fingerprint density at radius 3 is 2.87 bits per heavy atom. The highest BCUT2D eigenvalue weighted by atomic mass is 15.2. The lowest BCUT2D eigenvalue weighted by Crippen LogP contribution is -2.52. The van der Waals surface area contributed by atoms with E-state index in [0.29, 0.717) is 0 Å². The molecule has 15 heavy (non-hydrogen) atoms. The van der Waals surface area contributed by atoms with E-state index in [2.05, 4.69) is 24.1 Å². The monoisotopic (exact) mass is 210 g/mol. The van der Waals surface area contributed by atoms with Crippen molar-refractivity contribution in [1.82, 2.24) is 10.2 Å². The predicted molar refractivity (Wildman–Crippen MR) is 65.0 cm³/mol. The second kappa shape index (κ2) is 5.31. The summed E-state index contributed by atoms with van der Waals surface area (Å²) in [5.74, 6) is 1.89. The highest BCUT2D eigenvalue weighted by Crippen LogP contribution is 2.33. The van der Waals surface area contributed by atoms with Crippen LogP contribution in [0.1, 0.15) is 39.5 Å². The van der Waals surface area contributed by atoms with Crippen molar-refractivity contribution in [3.05, 3.63) is 0 Å². The van der Waals surface area contributed by atoms with Gasteiger partial charge in [0, 0.05) is 32.2 Å². The molecule has 1 saturated heterocycles. The zero-order valence-corrected chi connectivity index (χ0v) is 10.3. The topological polar surface area (TPSA) is 15.3 Å². The van der Waals surface area contributed by atoms with Gasteiger partial charge >= 0.3 is 0 Å². The van der Waals surface area contributed by atoms with Crippen molar-refractivity contribution in [2.24, 2.45) is 11.8 Å². The fraction of sp³-hybridized carbons (Fsp3) is 1.00. The van der Waals surface area contributed by atoms with Gasteiger partial charge in [0.15, 0.2) is 0 Å². The van der Waals surface area contributed by atoms with E-state index >= 15 is 0 Å². The number of hydrogen-bond acceptors (Lipinski definition) is 2. The lowest BCUT2D eigenvalue weighted by Gasteiger charge is -2.35. The van der Waals surface area contributed by atoms with Crippen LogP contribution in [0.25, 0.3) is 0 Å². The summed E-state index contributed by atoms with van der Waals surface area (Å²) in [6.07, 6.45) is 5.66. The van der Waals surface area contributed by atoms with Gasteiger partial charge in [0.1, 0.15) is 0 Å². The Morgan fingerprint density at radius 2 is 2.20 bits per heavy atom. The molecule has 88 valence electrons. The van der Waals surface area contributed by atoms with E-state index in [4.69, 9.17) is 0 Å².